The number of phosphoric acid groups is 1. The summed E-state index contributed by atoms with van der Waals surface area (Å²) >= 11 is 0. The summed E-state index contributed by atoms with van der Waals surface area (Å²) in [6.45, 7) is 3.63. The van der Waals surface area contributed by atoms with Gasteiger partial charge in [-0.25, -0.2) is 4.57 Å². The van der Waals surface area contributed by atoms with Gasteiger partial charge in [0.1, 0.15) is 6.61 Å². The highest BCUT2D eigenvalue weighted by Crippen LogP contribution is 2.43. The fourth-order valence-corrected chi connectivity index (χ4v) is 9.11. The third kappa shape index (κ3) is 58.3. The van der Waals surface area contributed by atoms with Gasteiger partial charge >= 0.3 is 19.8 Å². The summed E-state index contributed by atoms with van der Waals surface area (Å²) in [5.74, 6) is -0.831. The summed E-state index contributed by atoms with van der Waals surface area (Å²) < 4.78 is 33.1. The summed E-state index contributed by atoms with van der Waals surface area (Å²) in [5.41, 5.74) is 5.39. The molecule has 422 valence electrons. The van der Waals surface area contributed by atoms with Crippen LogP contribution in [0.4, 0.5) is 0 Å². The molecule has 0 aromatic heterocycles. The second-order valence-electron chi connectivity index (χ2n) is 19.8. The van der Waals surface area contributed by atoms with Crippen LogP contribution in [-0.2, 0) is 32.7 Å². The quantitative estimate of drug-likeness (QED) is 0.0264. The van der Waals surface area contributed by atoms with Crippen LogP contribution in [0.25, 0.3) is 0 Å². The molecule has 0 saturated carbocycles. The predicted molar refractivity (Wildman–Crippen MR) is 312 cm³/mol. The van der Waals surface area contributed by atoms with Gasteiger partial charge < -0.3 is 20.1 Å². The molecule has 0 spiro atoms. The highest BCUT2D eigenvalue weighted by atomic mass is 31.2. The largest absolute Gasteiger partial charge is 0.472 e. The SMILES string of the molecule is CC/C=C\C/C=C\C/C=C\C/C=C\CCCCCCCCCCCCCCCCCCC(=O)OC(COC(=O)CCCCCCCCCC/C=C\C/C=C\C/C=C\CCCCCCC)COP(=O)(O)OCCN. The maximum Gasteiger partial charge on any atom is 0.472 e. The number of rotatable bonds is 56. The Kier molecular flexibility index (Phi) is 56.2. The standard InChI is InChI=1S/C63H112NO8P/c1-3-5-7-9-11-13-15-17-19-21-23-25-27-28-29-30-31-32-34-36-38-40-42-44-46-48-50-52-54-56-63(66)72-61(60-71-73(67,68)70-58-57-64)59-69-62(65)55-53-51-49-47-45-43-41-39-37-35-33-26-24-22-20-18-16-14-12-10-8-6-4-2/h5,7,11,13,16-19,22-25,33,35,61H,3-4,6,8-10,12,14-15,20-21,26-32,34,36-60,64H2,1-2H3,(H,67,68)/b7-5-,13-11-,18-16-,19-17-,24-22-,25-23-,35-33-. The second kappa shape index (κ2) is 58.5. The summed E-state index contributed by atoms with van der Waals surface area (Å²) in [6.07, 6.45) is 76.4. The number of carbonyl (C=O) groups excluding carboxylic acids is 2. The summed E-state index contributed by atoms with van der Waals surface area (Å²) in [6, 6.07) is 0. The molecule has 3 N–H and O–H groups in total. The fraction of sp³-hybridized carbons (Fsp3) is 0.746. The van der Waals surface area contributed by atoms with Gasteiger partial charge in [-0.05, 0) is 89.9 Å². The zero-order valence-corrected chi connectivity index (χ0v) is 48.0. The molecule has 0 aliphatic rings. The zero-order chi connectivity index (χ0) is 53.1. The lowest BCUT2D eigenvalue weighted by Crippen LogP contribution is -2.29. The number of ether oxygens (including phenoxy) is 2. The van der Waals surface area contributed by atoms with Gasteiger partial charge in [-0.2, -0.15) is 0 Å². The third-order valence-electron chi connectivity index (χ3n) is 12.8. The molecule has 0 radical (unpaired) electrons. The Balaban J connectivity index is 3.96. The summed E-state index contributed by atoms with van der Waals surface area (Å²) in [7, 11) is -4.39. The molecular formula is C63H112NO8P. The Morgan fingerprint density at radius 1 is 0.425 bits per heavy atom. The molecule has 10 heteroatoms. The molecule has 0 bridgehead atoms. The number of hydrogen-bond donors (Lipinski definition) is 2. The molecule has 9 nitrogen and oxygen atoms in total. The second-order valence-corrected chi connectivity index (χ2v) is 21.3. The Bertz CT molecular complexity index is 1470. The Hall–Kier alpha value is -2.81. The third-order valence-corrected chi connectivity index (χ3v) is 13.7. The van der Waals surface area contributed by atoms with Crippen molar-refractivity contribution in [1.29, 1.82) is 0 Å². The van der Waals surface area contributed by atoms with Crippen LogP contribution in [0.2, 0.25) is 0 Å². The Morgan fingerprint density at radius 2 is 0.753 bits per heavy atom. The van der Waals surface area contributed by atoms with Crippen molar-refractivity contribution in [3.8, 4) is 0 Å². The maximum absolute atomic E-state index is 12.7. The van der Waals surface area contributed by atoms with E-state index in [4.69, 9.17) is 24.3 Å². The van der Waals surface area contributed by atoms with E-state index in [2.05, 4.69) is 98.9 Å². The van der Waals surface area contributed by atoms with Gasteiger partial charge in [0.15, 0.2) is 6.10 Å². The number of nitrogens with two attached hydrogens (primary N) is 1. The van der Waals surface area contributed by atoms with Crippen LogP contribution in [0.15, 0.2) is 85.1 Å². The number of phosphoric ester groups is 1. The van der Waals surface area contributed by atoms with Crippen molar-refractivity contribution in [2.24, 2.45) is 5.73 Å². The lowest BCUT2D eigenvalue weighted by Gasteiger charge is -2.19. The molecule has 0 amide bonds. The van der Waals surface area contributed by atoms with Crippen molar-refractivity contribution in [2.45, 2.75) is 277 Å². The molecule has 0 fully saturated rings. The van der Waals surface area contributed by atoms with E-state index in [0.29, 0.717) is 6.42 Å². The average Bonchev–Trinajstić information content (AvgIpc) is 3.38. The van der Waals surface area contributed by atoms with Crippen molar-refractivity contribution in [3.63, 3.8) is 0 Å². The van der Waals surface area contributed by atoms with Crippen LogP contribution in [0.3, 0.4) is 0 Å². The lowest BCUT2D eigenvalue weighted by atomic mass is 10.0. The first-order valence-electron chi connectivity index (χ1n) is 30.1. The molecule has 0 rings (SSSR count). The molecule has 0 aliphatic carbocycles. The van der Waals surface area contributed by atoms with E-state index >= 15 is 0 Å². The molecule has 0 heterocycles. The fourth-order valence-electron chi connectivity index (χ4n) is 8.34. The molecule has 2 unspecified atom stereocenters. The molecular weight excluding hydrogens is 930 g/mol. The van der Waals surface area contributed by atoms with Gasteiger partial charge in [0.05, 0.1) is 13.2 Å². The first-order chi connectivity index (χ1) is 35.8. The first-order valence-corrected chi connectivity index (χ1v) is 31.6. The van der Waals surface area contributed by atoms with E-state index in [-0.39, 0.29) is 38.6 Å². The van der Waals surface area contributed by atoms with E-state index in [1.54, 1.807) is 0 Å². The van der Waals surface area contributed by atoms with Gasteiger partial charge in [0, 0.05) is 19.4 Å². The van der Waals surface area contributed by atoms with Crippen LogP contribution in [0.1, 0.15) is 271 Å². The van der Waals surface area contributed by atoms with Gasteiger partial charge in [-0.1, -0.05) is 253 Å². The highest BCUT2D eigenvalue weighted by molar-refractivity contribution is 7.47. The van der Waals surface area contributed by atoms with Crippen LogP contribution in [0.5, 0.6) is 0 Å². The zero-order valence-electron chi connectivity index (χ0n) is 47.1. The number of carbonyl (C=O) groups is 2. The highest BCUT2D eigenvalue weighted by Gasteiger charge is 2.26. The minimum atomic E-state index is -4.39. The average molecular weight is 1040 g/mol. The van der Waals surface area contributed by atoms with E-state index in [0.717, 1.165) is 89.9 Å². The van der Waals surface area contributed by atoms with Crippen LogP contribution in [-0.4, -0.2) is 49.3 Å². The number of esters is 2. The molecule has 0 aromatic carbocycles. The molecule has 0 aliphatic heterocycles. The Labute approximate surface area is 449 Å². The molecule has 73 heavy (non-hydrogen) atoms. The molecule has 0 aromatic rings. The van der Waals surface area contributed by atoms with Crippen molar-refractivity contribution in [2.75, 3.05) is 26.4 Å². The molecule has 0 saturated heterocycles. The van der Waals surface area contributed by atoms with Gasteiger partial charge in [-0.3, -0.25) is 18.6 Å². The number of unbranched alkanes of at least 4 members (excludes halogenated alkanes) is 29. The van der Waals surface area contributed by atoms with E-state index in [9.17, 15) is 19.0 Å². The van der Waals surface area contributed by atoms with Crippen LogP contribution < -0.4 is 5.73 Å². The van der Waals surface area contributed by atoms with Crippen molar-refractivity contribution in [1.82, 2.24) is 0 Å². The molecule has 2 atom stereocenters. The van der Waals surface area contributed by atoms with Gasteiger partial charge in [0.25, 0.3) is 0 Å². The van der Waals surface area contributed by atoms with E-state index in [1.165, 1.54) is 148 Å². The van der Waals surface area contributed by atoms with Crippen LogP contribution >= 0.6 is 7.82 Å². The monoisotopic (exact) mass is 1040 g/mol. The predicted octanol–water partition coefficient (Wildman–Crippen LogP) is 19.1. The smallest absolute Gasteiger partial charge is 0.462 e. The maximum atomic E-state index is 12.7. The topological polar surface area (TPSA) is 134 Å². The van der Waals surface area contributed by atoms with Crippen molar-refractivity contribution < 1.29 is 37.6 Å². The summed E-state index contributed by atoms with van der Waals surface area (Å²) in [5, 5.41) is 0. The van der Waals surface area contributed by atoms with Crippen molar-refractivity contribution in [3.05, 3.63) is 85.1 Å². The normalized spacial score (nSPS) is 13.6. The minimum Gasteiger partial charge on any atom is -0.462 e. The number of allylic oxidation sites excluding steroid dienone is 14. The minimum absolute atomic E-state index is 0.0498. The van der Waals surface area contributed by atoms with Crippen LogP contribution in [0, 0.1) is 0 Å². The first kappa shape index (κ1) is 70.2. The lowest BCUT2D eigenvalue weighted by molar-refractivity contribution is -0.161. The number of hydrogen-bond acceptors (Lipinski definition) is 8. The van der Waals surface area contributed by atoms with Crippen molar-refractivity contribution >= 4 is 19.8 Å². The summed E-state index contributed by atoms with van der Waals surface area (Å²) in [4.78, 5) is 35.2. The van der Waals surface area contributed by atoms with E-state index in [1.807, 2.05) is 0 Å². The van der Waals surface area contributed by atoms with Gasteiger partial charge in [-0.15, -0.1) is 0 Å². The van der Waals surface area contributed by atoms with E-state index < -0.39 is 26.5 Å². The van der Waals surface area contributed by atoms with Gasteiger partial charge in [0.2, 0.25) is 0 Å². The Morgan fingerprint density at radius 3 is 1.12 bits per heavy atom.